The molecular formula is C16H17N3O2. The van der Waals surface area contributed by atoms with Crippen LogP contribution in [0.3, 0.4) is 0 Å². The van der Waals surface area contributed by atoms with Crippen LogP contribution in [0.25, 0.3) is 11.3 Å². The van der Waals surface area contributed by atoms with Crippen molar-refractivity contribution >= 4 is 5.91 Å². The highest BCUT2D eigenvalue weighted by Crippen LogP contribution is 2.39. The minimum Gasteiger partial charge on any atom is -0.488 e. The molecule has 4 N–H and O–H groups in total. The first-order valence-electron chi connectivity index (χ1n) is 6.85. The lowest BCUT2D eigenvalue weighted by Crippen LogP contribution is -2.24. The molecule has 108 valence electrons. The van der Waals surface area contributed by atoms with Crippen LogP contribution in [0.15, 0.2) is 30.5 Å². The fourth-order valence-electron chi connectivity index (χ4n) is 2.72. The van der Waals surface area contributed by atoms with Gasteiger partial charge in [-0.3, -0.25) is 9.78 Å². The predicted octanol–water partition coefficient (Wildman–Crippen LogP) is 1.42. The molecule has 0 saturated heterocycles. The van der Waals surface area contributed by atoms with Gasteiger partial charge in [-0.2, -0.15) is 0 Å². The highest BCUT2D eigenvalue weighted by molar-refractivity contribution is 5.99. The molecule has 5 nitrogen and oxygen atoms in total. The molecule has 1 aromatic carbocycles. The lowest BCUT2D eigenvalue weighted by atomic mass is 9.98. The van der Waals surface area contributed by atoms with Crippen molar-refractivity contribution in [2.45, 2.75) is 19.4 Å². The molecule has 1 aromatic heterocycles. The van der Waals surface area contributed by atoms with E-state index in [4.69, 9.17) is 16.2 Å². The highest BCUT2D eigenvalue weighted by Gasteiger charge is 2.27. The average molecular weight is 283 g/mol. The van der Waals surface area contributed by atoms with Gasteiger partial charge in [-0.15, -0.1) is 0 Å². The predicted molar refractivity (Wildman–Crippen MR) is 80.1 cm³/mol. The van der Waals surface area contributed by atoms with E-state index in [9.17, 15) is 4.79 Å². The van der Waals surface area contributed by atoms with Gasteiger partial charge in [0.15, 0.2) is 0 Å². The maximum atomic E-state index is 11.6. The standard InChI is InChI=1S/C16H17N3O2/c1-9-5-10-7-11(8-17)21-15(10)13(6-9)14-12(16(18)20)3-2-4-19-14/h2-6,11H,7-8,17H2,1H3,(H2,18,20). The van der Waals surface area contributed by atoms with Crippen LogP contribution >= 0.6 is 0 Å². The summed E-state index contributed by atoms with van der Waals surface area (Å²) in [7, 11) is 0. The first-order chi connectivity index (χ1) is 10.1. The SMILES string of the molecule is Cc1cc2c(c(-c3ncccc3C(N)=O)c1)OC(CN)C2. The molecule has 5 heteroatoms. The Bertz CT molecular complexity index is 713. The van der Waals surface area contributed by atoms with Crippen LogP contribution in [-0.2, 0) is 6.42 Å². The molecule has 0 spiro atoms. The summed E-state index contributed by atoms with van der Waals surface area (Å²) in [6.45, 7) is 2.46. The number of nitrogens with zero attached hydrogens (tertiary/aromatic N) is 1. The normalized spacial score (nSPS) is 16.4. The van der Waals surface area contributed by atoms with Crippen molar-refractivity contribution in [3.8, 4) is 17.0 Å². The van der Waals surface area contributed by atoms with Crippen molar-refractivity contribution in [1.29, 1.82) is 0 Å². The summed E-state index contributed by atoms with van der Waals surface area (Å²) in [5.41, 5.74) is 15.1. The number of ether oxygens (including phenoxy) is 1. The van der Waals surface area contributed by atoms with E-state index in [2.05, 4.69) is 11.1 Å². The number of hydrogen-bond donors (Lipinski definition) is 2. The Morgan fingerprint density at radius 1 is 1.48 bits per heavy atom. The minimum absolute atomic E-state index is 0.0266. The molecule has 0 saturated carbocycles. The van der Waals surface area contributed by atoms with Gasteiger partial charge in [-0.25, -0.2) is 0 Å². The zero-order valence-corrected chi connectivity index (χ0v) is 11.8. The molecular weight excluding hydrogens is 266 g/mol. The maximum Gasteiger partial charge on any atom is 0.250 e. The van der Waals surface area contributed by atoms with Crippen LogP contribution in [0.5, 0.6) is 5.75 Å². The minimum atomic E-state index is -0.498. The number of benzene rings is 1. The van der Waals surface area contributed by atoms with Crippen molar-refractivity contribution in [3.05, 3.63) is 47.2 Å². The Morgan fingerprint density at radius 2 is 2.29 bits per heavy atom. The molecule has 21 heavy (non-hydrogen) atoms. The van der Waals surface area contributed by atoms with E-state index in [1.807, 2.05) is 13.0 Å². The largest absolute Gasteiger partial charge is 0.488 e. The maximum absolute atomic E-state index is 11.6. The van der Waals surface area contributed by atoms with E-state index in [1.54, 1.807) is 18.3 Å². The second kappa shape index (κ2) is 5.18. The Balaban J connectivity index is 2.19. The van der Waals surface area contributed by atoms with Gasteiger partial charge >= 0.3 is 0 Å². The summed E-state index contributed by atoms with van der Waals surface area (Å²) in [6.07, 6.45) is 2.40. The van der Waals surface area contributed by atoms with Crippen LogP contribution in [0.2, 0.25) is 0 Å². The fourth-order valence-corrected chi connectivity index (χ4v) is 2.72. The Morgan fingerprint density at radius 3 is 3.00 bits per heavy atom. The lowest BCUT2D eigenvalue weighted by molar-refractivity contribution is 0.100. The number of aromatic nitrogens is 1. The summed E-state index contributed by atoms with van der Waals surface area (Å²) in [6, 6.07) is 7.42. The number of pyridine rings is 1. The Labute approximate surface area is 122 Å². The second-order valence-corrected chi connectivity index (χ2v) is 5.24. The molecule has 0 radical (unpaired) electrons. The third-order valence-electron chi connectivity index (χ3n) is 3.63. The topological polar surface area (TPSA) is 91.2 Å². The van der Waals surface area contributed by atoms with Crippen LogP contribution in [-0.4, -0.2) is 23.5 Å². The molecule has 0 bridgehead atoms. The number of aryl methyl sites for hydroxylation is 1. The van der Waals surface area contributed by atoms with Crippen LogP contribution in [0, 0.1) is 6.92 Å². The van der Waals surface area contributed by atoms with Gasteiger partial charge in [0.25, 0.3) is 5.91 Å². The zero-order valence-electron chi connectivity index (χ0n) is 11.8. The highest BCUT2D eigenvalue weighted by atomic mass is 16.5. The fraction of sp³-hybridized carbons (Fsp3) is 0.250. The Kier molecular flexibility index (Phi) is 3.35. The van der Waals surface area contributed by atoms with Gasteiger partial charge in [0, 0.05) is 24.7 Å². The van der Waals surface area contributed by atoms with E-state index in [1.165, 1.54) is 0 Å². The molecule has 1 aliphatic rings. The first-order valence-corrected chi connectivity index (χ1v) is 6.85. The van der Waals surface area contributed by atoms with Crippen LogP contribution in [0.1, 0.15) is 21.5 Å². The number of fused-ring (bicyclic) bond motifs is 1. The second-order valence-electron chi connectivity index (χ2n) is 5.24. The molecule has 2 heterocycles. The number of carbonyl (C=O) groups excluding carboxylic acids is 1. The molecule has 1 aliphatic heterocycles. The first kappa shape index (κ1) is 13.6. The van der Waals surface area contributed by atoms with Gasteiger partial charge in [-0.05, 0) is 36.2 Å². The average Bonchev–Trinajstić information content (AvgIpc) is 2.89. The number of rotatable bonds is 3. The zero-order chi connectivity index (χ0) is 15.0. The van der Waals surface area contributed by atoms with E-state index >= 15 is 0 Å². The van der Waals surface area contributed by atoms with Gasteiger partial charge in [0.1, 0.15) is 11.9 Å². The third kappa shape index (κ3) is 2.36. The number of carbonyl (C=O) groups is 1. The van der Waals surface area contributed by atoms with E-state index in [0.717, 1.165) is 28.9 Å². The number of amides is 1. The summed E-state index contributed by atoms with van der Waals surface area (Å²) in [5.74, 6) is 0.263. The van der Waals surface area contributed by atoms with Crippen molar-refractivity contribution in [2.75, 3.05) is 6.54 Å². The third-order valence-corrected chi connectivity index (χ3v) is 3.63. The molecule has 0 aliphatic carbocycles. The van der Waals surface area contributed by atoms with Gasteiger partial charge in [0.05, 0.1) is 11.3 Å². The number of nitrogens with two attached hydrogens (primary N) is 2. The summed E-state index contributed by atoms with van der Waals surface area (Å²) in [5, 5.41) is 0. The van der Waals surface area contributed by atoms with E-state index in [-0.39, 0.29) is 6.10 Å². The number of primary amides is 1. The Hall–Kier alpha value is -2.40. The van der Waals surface area contributed by atoms with Gasteiger partial charge in [0.2, 0.25) is 0 Å². The van der Waals surface area contributed by atoms with Crippen molar-refractivity contribution in [1.82, 2.24) is 4.98 Å². The molecule has 0 fully saturated rings. The van der Waals surface area contributed by atoms with Crippen LogP contribution in [0.4, 0.5) is 0 Å². The quantitative estimate of drug-likeness (QED) is 0.891. The molecule has 2 aromatic rings. The number of hydrogen-bond acceptors (Lipinski definition) is 4. The van der Waals surface area contributed by atoms with Gasteiger partial charge < -0.3 is 16.2 Å². The summed E-state index contributed by atoms with van der Waals surface area (Å²) < 4.78 is 5.91. The van der Waals surface area contributed by atoms with Crippen LogP contribution < -0.4 is 16.2 Å². The van der Waals surface area contributed by atoms with Crippen molar-refractivity contribution in [2.24, 2.45) is 11.5 Å². The molecule has 3 rings (SSSR count). The molecule has 1 amide bonds. The van der Waals surface area contributed by atoms with Crippen molar-refractivity contribution in [3.63, 3.8) is 0 Å². The lowest BCUT2D eigenvalue weighted by Gasteiger charge is -2.13. The monoisotopic (exact) mass is 283 g/mol. The molecule has 1 unspecified atom stereocenters. The smallest absolute Gasteiger partial charge is 0.250 e. The van der Waals surface area contributed by atoms with Crippen molar-refractivity contribution < 1.29 is 9.53 Å². The van der Waals surface area contributed by atoms with E-state index < -0.39 is 5.91 Å². The summed E-state index contributed by atoms with van der Waals surface area (Å²) in [4.78, 5) is 15.9. The molecule has 1 atom stereocenters. The summed E-state index contributed by atoms with van der Waals surface area (Å²) >= 11 is 0. The van der Waals surface area contributed by atoms with E-state index in [0.29, 0.717) is 17.8 Å². The van der Waals surface area contributed by atoms with Gasteiger partial charge in [-0.1, -0.05) is 6.07 Å².